The highest BCUT2D eigenvalue weighted by molar-refractivity contribution is 14.1. The Morgan fingerprint density at radius 3 is 2.65 bits per heavy atom. The molecule has 9 heteroatoms. The number of carbonyl (C=O) groups is 1. The van der Waals surface area contributed by atoms with Crippen LogP contribution in [0.4, 0.5) is 14.5 Å². The molecule has 0 amide bonds. The van der Waals surface area contributed by atoms with E-state index in [2.05, 4.69) is 4.98 Å². The Morgan fingerprint density at radius 1 is 1.65 bits per heavy atom. The van der Waals surface area contributed by atoms with E-state index in [1.165, 1.54) is 22.6 Å². The third-order valence-corrected chi connectivity index (χ3v) is 2.61. The number of aliphatic carboxylic acids is 1. The minimum atomic E-state index is -3.01. The van der Waals surface area contributed by atoms with E-state index in [9.17, 15) is 23.7 Å². The summed E-state index contributed by atoms with van der Waals surface area (Å²) >= 11 is 1.50. The van der Waals surface area contributed by atoms with Crippen molar-refractivity contribution < 1.29 is 23.6 Å². The summed E-state index contributed by atoms with van der Waals surface area (Å²) in [6.45, 7) is 0. The van der Waals surface area contributed by atoms with Crippen molar-refractivity contribution in [1.29, 1.82) is 0 Å². The first kappa shape index (κ1) is 13.7. The molecule has 0 saturated heterocycles. The van der Waals surface area contributed by atoms with Crippen molar-refractivity contribution in [2.75, 3.05) is 0 Å². The molecule has 0 spiro atoms. The minimum absolute atomic E-state index is 0.117. The third kappa shape index (κ3) is 3.28. The molecule has 0 aromatic carbocycles. The van der Waals surface area contributed by atoms with Gasteiger partial charge in [0.15, 0.2) is 3.70 Å². The van der Waals surface area contributed by atoms with Crippen molar-refractivity contribution in [2.45, 2.75) is 12.8 Å². The number of carboxylic acids is 1. The second-order valence-corrected chi connectivity index (χ2v) is 3.98. The molecule has 0 unspecified atom stereocenters. The summed E-state index contributed by atoms with van der Waals surface area (Å²) in [5.74, 6) is -1.33. The molecule has 0 saturated carbocycles. The third-order valence-electron chi connectivity index (χ3n) is 1.82. The Kier molecular flexibility index (Phi) is 4.26. The number of pyridine rings is 1. The molecule has 0 aliphatic heterocycles. The summed E-state index contributed by atoms with van der Waals surface area (Å²) < 4.78 is 25.1. The molecule has 6 nitrogen and oxygen atoms in total. The summed E-state index contributed by atoms with van der Waals surface area (Å²) in [6, 6.07) is 0.664. The SMILES string of the molecule is O=C(O)Cc1nc(I)c([N+](=O)[O-])cc1C(F)F. The molecule has 0 atom stereocenters. The predicted molar refractivity (Wildman–Crippen MR) is 59.9 cm³/mol. The number of aromatic nitrogens is 1. The van der Waals surface area contributed by atoms with E-state index in [4.69, 9.17) is 5.11 Å². The van der Waals surface area contributed by atoms with E-state index in [1.807, 2.05) is 0 Å². The number of nitro groups is 1. The van der Waals surface area contributed by atoms with Gasteiger partial charge in [-0.05, 0) is 22.6 Å². The topological polar surface area (TPSA) is 93.3 Å². The van der Waals surface area contributed by atoms with Crippen LogP contribution in [0.3, 0.4) is 0 Å². The van der Waals surface area contributed by atoms with Gasteiger partial charge < -0.3 is 5.11 Å². The fraction of sp³-hybridized carbons (Fsp3) is 0.250. The number of alkyl halides is 2. The predicted octanol–water partition coefficient (Wildman–Crippen LogP) is 2.16. The lowest BCUT2D eigenvalue weighted by molar-refractivity contribution is -0.386. The molecule has 17 heavy (non-hydrogen) atoms. The zero-order chi connectivity index (χ0) is 13.2. The van der Waals surface area contributed by atoms with Gasteiger partial charge in [-0.2, -0.15) is 0 Å². The molecule has 0 aliphatic carbocycles. The molecule has 0 bridgehead atoms. The van der Waals surface area contributed by atoms with Crippen molar-refractivity contribution in [3.63, 3.8) is 0 Å². The van der Waals surface area contributed by atoms with E-state index in [0.717, 1.165) is 0 Å². The highest BCUT2D eigenvalue weighted by atomic mass is 127. The first-order valence-electron chi connectivity index (χ1n) is 4.16. The van der Waals surface area contributed by atoms with Crippen molar-refractivity contribution in [2.24, 2.45) is 0 Å². The normalized spacial score (nSPS) is 10.6. The van der Waals surface area contributed by atoms with Crippen LogP contribution in [0.15, 0.2) is 6.07 Å². The van der Waals surface area contributed by atoms with Crippen LogP contribution in [0.25, 0.3) is 0 Å². The maximum atomic E-state index is 12.6. The van der Waals surface area contributed by atoms with Gasteiger partial charge in [0.05, 0.1) is 17.0 Å². The first-order valence-corrected chi connectivity index (χ1v) is 5.24. The van der Waals surface area contributed by atoms with Gasteiger partial charge in [-0.15, -0.1) is 0 Å². The first-order chi connectivity index (χ1) is 7.82. The summed E-state index contributed by atoms with van der Waals surface area (Å²) in [5.41, 5.74) is -1.64. The van der Waals surface area contributed by atoms with Crippen LogP contribution in [0.5, 0.6) is 0 Å². The minimum Gasteiger partial charge on any atom is -0.481 e. The van der Waals surface area contributed by atoms with E-state index in [1.54, 1.807) is 0 Å². The Balaban J connectivity index is 3.35. The van der Waals surface area contributed by atoms with Gasteiger partial charge in [0, 0.05) is 11.6 Å². The van der Waals surface area contributed by atoms with Crippen LogP contribution in [0.2, 0.25) is 0 Å². The highest BCUT2D eigenvalue weighted by Gasteiger charge is 2.24. The van der Waals surface area contributed by atoms with Gasteiger partial charge in [-0.3, -0.25) is 14.9 Å². The number of hydrogen-bond acceptors (Lipinski definition) is 4. The fourth-order valence-electron chi connectivity index (χ4n) is 1.13. The van der Waals surface area contributed by atoms with E-state index >= 15 is 0 Å². The average Bonchev–Trinajstić information content (AvgIpc) is 2.15. The molecule has 0 radical (unpaired) electrons. The van der Waals surface area contributed by atoms with Crippen molar-refractivity contribution in [3.05, 3.63) is 31.1 Å². The summed E-state index contributed by atoms with van der Waals surface area (Å²) in [7, 11) is 0. The van der Waals surface area contributed by atoms with Gasteiger partial charge in [0.1, 0.15) is 0 Å². The molecular formula is C8H5F2IN2O4. The molecule has 1 N–H and O–H groups in total. The van der Waals surface area contributed by atoms with Crippen molar-refractivity contribution >= 4 is 34.2 Å². The van der Waals surface area contributed by atoms with Crippen LogP contribution in [0.1, 0.15) is 17.7 Å². The Bertz CT molecular complexity index is 481. The quantitative estimate of drug-likeness (QED) is 0.385. The number of carboxylic acid groups (broad SMARTS) is 1. The Morgan fingerprint density at radius 2 is 2.24 bits per heavy atom. The molecule has 1 heterocycles. The highest BCUT2D eigenvalue weighted by Crippen LogP contribution is 2.29. The molecule has 1 aromatic heterocycles. The van der Waals surface area contributed by atoms with Gasteiger partial charge in [-0.1, -0.05) is 0 Å². The zero-order valence-electron chi connectivity index (χ0n) is 8.06. The van der Waals surface area contributed by atoms with Crippen LogP contribution in [0, 0.1) is 13.8 Å². The lowest BCUT2D eigenvalue weighted by Crippen LogP contribution is -2.09. The van der Waals surface area contributed by atoms with Gasteiger partial charge in [0.25, 0.3) is 6.43 Å². The van der Waals surface area contributed by atoms with Crippen LogP contribution in [-0.4, -0.2) is 21.0 Å². The van der Waals surface area contributed by atoms with Gasteiger partial charge >= 0.3 is 11.7 Å². The maximum absolute atomic E-state index is 12.6. The van der Waals surface area contributed by atoms with Crippen LogP contribution < -0.4 is 0 Å². The summed E-state index contributed by atoms with van der Waals surface area (Å²) in [5, 5.41) is 19.1. The smallest absolute Gasteiger partial charge is 0.309 e. The lowest BCUT2D eigenvalue weighted by atomic mass is 10.1. The molecule has 0 fully saturated rings. The van der Waals surface area contributed by atoms with Gasteiger partial charge in [0.2, 0.25) is 0 Å². The molecule has 92 valence electrons. The summed E-state index contributed by atoms with van der Waals surface area (Å²) in [4.78, 5) is 23.7. The maximum Gasteiger partial charge on any atom is 0.309 e. The van der Waals surface area contributed by atoms with E-state index in [0.29, 0.717) is 6.07 Å². The van der Waals surface area contributed by atoms with Crippen molar-refractivity contribution in [3.8, 4) is 0 Å². The largest absolute Gasteiger partial charge is 0.481 e. The average molecular weight is 358 g/mol. The number of nitrogens with zero attached hydrogens (tertiary/aromatic N) is 2. The number of rotatable bonds is 4. The zero-order valence-corrected chi connectivity index (χ0v) is 10.2. The monoisotopic (exact) mass is 358 g/mol. The second kappa shape index (κ2) is 5.29. The van der Waals surface area contributed by atoms with Gasteiger partial charge in [-0.25, -0.2) is 13.8 Å². The Hall–Kier alpha value is -1.39. The molecule has 1 aromatic rings. The summed E-state index contributed by atoms with van der Waals surface area (Å²) in [6.07, 6.45) is -3.71. The van der Waals surface area contributed by atoms with Crippen molar-refractivity contribution in [1.82, 2.24) is 4.98 Å². The second-order valence-electron chi connectivity index (χ2n) is 2.96. The van der Waals surface area contributed by atoms with E-state index in [-0.39, 0.29) is 9.39 Å². The standard InChI is InChI=1S/C8H5F2IN2O4/c9-7(10)3-1-5(13(16)17)8(11)12-4(3)2-6(14)15/h1,7H,2H2,(H,14,15). The van der Waals surface area contributed by atoms with E-state index < -0.39 is 35.0 Å². The molecule has 1 rings (SSSR count). The number of hydrogen-bond donors (Lipinski definition) is 1. The Labute approximate surface area is 107 Å². The molecular weight excluding hydrogens is 353 g/mol. The number of halogens is 3. The van der Waals surface area contributed by atoms with Crippen LogP contribution in [-0.2, 0) is 11.2 Å². The van der Waals surface area contributed by atoms with Crippen LogP contribution >= 0.6 is 22.6 Å². The molecule has 0 aliphatic rings. The fourth-order valence-corrected chi connectivity index (χ4v) is 1.78. The lowest BCUT2D eigenvalue weighted by Gasteiger charge is -2.06.